The Balaban J connectivity index is 2.11. The Morgan fingerprint density at radius 3 is 2.60 bits per heavy atom. The molecule has 100 valence electrons. The highest BCUT2D eigenvalue weighted by atomic mass is 79.9. The highest BCUT2D eigenvalue weighted by Gasteiger charge is 2.11. The number of amides is 1. The van der Waals surface area contributed by atoms with Crippen molar-refractivity contribution in [3.8, 4) is 6.07 Å². The molecule has 2 rings (SSSR count). The second kappa shape index (κ2) is 6.36. The Morgan fingerprint density at radius 1 is 1.25 bits per heavy atom. The van der Waals surface area contributed by atoms with Crippen LogP contribution >= 0.6 is 15.9 Å². The zero-order valence-electron chi connectivity index (χ0n) is 11.0. The molecular formula is C16H13BrN2O. The molecular weight excluding hydrogens is 316 g/mol. The maximum absolute atomic E-state index is 12.3. The number of rotatable bonds is 3. The van der Waals surface area contributed by atoms with Crippen LogP contribution in [0.4, 0.5) is 0 Å². The molecule has 0 unspecified atom stereocenters. The van der Waals surface area contributed by atoms with Crippen molar-refractivity contribution in [3.05, 3.63) is 69.7 Å². The topological polar surface area (TPSA) is 44.1 Å². The van der Waals surface area contributed by atoms with Crippen molar-refractivity contribution in [1.29, 1.82) is 5.26 Å². The number of halogens is 1. The summed E-state index contributed by atoms with van der Waals surface area (Å²) in [5.41, 5.74) is 2.19. The summed E-state index contributed by atoms with van der Waals surface area (Å²) < 4.78 is 0.943. The van der Waals surface area contributed by atoms with Crippen molar-refractivity contribution >= 4 is 21.8 Å². The maximum Gasteiger partial charge on any atom is 0.253 e. The van der Waals surface area contributed by atoms with Crippen molar-refractivity contribution in [2.45, 2.75) is 6.54 Å². The fourth-order valence-corrected chi connectivity index (χ4v) is 2.16. The fourth-order valence-electron chi connectivity index (χ4n) is 1.90. The molecule has 4 heteroatoms. The number of hydrogen-bond acceptors (Lipinski definition) is 2. The summed E-state index contributed by atoms with van der Waals surface area (Å²) in [5.74, 6) is -0.0418. The molecule has 0 N–H and O–H groups in total. The summed E-state index contributed by atoms with van der Waals surface area (Å²) in [6.07, 6.45) is 0. The van der Waals surface area contributed by atoms with Gasteiger partial charge in [-0.2, -0.15) is 5.26 Å². The third-order valence-electron chi connectivity index (χ3n) is 2.91. The van der Waals surface area contributed by atoms with Gasteiger partial charge in [-0.25, -0.2) is 0 Å². The van der Waals surface area contributed by atoms with Crippen LogP contribution in [0, 0.1) is 11.3 Å². The van der Waals surface area contributed by atoms with Crippen molar-refractivity contribution in [2.24, 2.45) is 0 Å². The van der Waals surface area contributed by atoms with Crippen LogP contribution in [-0.4, -0.2) is 17.9 Å². The van der Waals surface area contributed by atoms with Crippen LogP contribution < -0.4 is 0 Å². The standard InChI is InChI=1S/C16H13BrN2O/c1-19(11-13-4-2-3-12(9-13)10-18)16(20)14-5-7-15(17)8-6-14/h2-9H,11H2,1H3. The van der Waals surface area contributed by atoms with Gasteiger partial charge in [0.2, 0.25) is 0 Å². The smallest absolute Gasteiger partial charge is 0.253 e. The van der Waals surface area contributed by atoms with Crippen LogP contribution in [0.2, 0.25) is 0 Å². The molecule has 3 nitrogen and oxygen atoms in total. The lowest BCUT2D eigenvalue weighted by atomic mass is 10.1. The molecule has 0 aliphatic rings. The number of nitrogens with zero attached hydrogens (tertiary/aromatic N) is 2. The molecule has 2 aromatic carbocycles. The third-order valence-corrected chi connectivity index (χ3v) is 3.44. The molecule has 0 aliphatic carbocycles. The first kappa shape index (κ1) is 14.3. The van der Waals surface area contributed by atoms with E-state index in [4.69, 9.17) is 5.26 Å². The number of carbonyl (C=O) groups excluding carboxylic acids is 1. The maximum atomic E-state index is 12.3. The minimum absolute atomic E-state index is 0.0418. The first-order valence-corrected chi connectivity index (χ1v) is 6.89. The zero-order valence-corrected chi connectivity index (χ0v) is 12.6. The van der Waals surface area contributed by atoms with Gasteiger partial charge in [0.1, 0.15) is 0 Å². The Labute approximate surface area is 126 Å². The highest BCUT2D eigenvalue weighted by molar-refractivity contribution is 9.10. The average molecular weight is 329 g/mol. The third kappa shape index (κ3) is 3.46. The normalized spacial score (nSPS) is 9.85. The van der Waals surface area contributed by atoms with E-state index < -0.39 is 0 Å². The van der Waals surface area contributed by atoms with Gasteiger partial charge in [-0.3, -0.25) is 4.79 Å². The lowest BCUT2D eigenvalue weighted by Gasteiger charge is -2.17. The Bertz CT molecular complexity index is 659. The molecule has 0 spiro atoms. The van der Waals surface area contributed by atoms with Crippen LogP contribution in [0.5, 0.6) is 0 Å². The predicted molar refractivity (Wildman–Crippen MR) is 81.1 cm³/mol. The van der Waals surface area contributed by atoms with Gasteiger partial charge in [0, 0.05) is 23.6 Å². The minimum Gasteiger partial charge on any atom is -0.337 e. The summed E-state index contributed by atoms with van der Waals surface area (Å²) in [6, 6.07) is 16.6. The molecule has 0 atom stereocenters. The summed E-state index contributed by atoms with van der Waals surface area (Å²) in [7, 11) is 1.75. The molecule has 1 amide bonds. The first-order chi connectivity index (χ1) is 9.60. The zero-order chi connectivity index (χ0) is 14.5. The van der Waals surface area contributed by atoms with Crippen molar-refractivity contribution < 1.29 is 4.79 Å². The molecule has 0 heterocycles. The molecule has 0 aliphatic heterocycles. The monoisotopic (exact) mass is 328 g/mol. The van der Waals surface area contributed by atoms with Gasteiger partial charge < -0.3 is 4.90 Å². The van der Waals surface area contributed by atoms with E-state index in [1.54, 1.807) is 36.2 Å². The quantitative estimate of drug-likeness (QED) is 0.864. The van der Waals surface area contributed by atoms with Crippen molar-refractivity contribution in [1.82, 2.24) is 4.90 Å². The average Bonchev–Trinajstić information content (AvgIpc) is 2.47. The van der Waals surface area contributed by atoms with Crippen LogP contribution in [-0.2, 0) is 6.54 Å². The lowest BCUT2D eigenvalue weighted by molar-refractivity contribution is 0.0785. The lowest BCUT2D eigenvalue weighted by Crippen LogP contribution is -2.26. The molecule has 0 aromatic heterocycles. The molecule has 0 radical (unpaired) electrons. The van der Waals surface area contributed by atoms with E-state index in [-0.39, 0.29) is 5.91 Å². The molecule has 0 saturated heterocycles. The Kier molecular flexibility index (Phi) is 4.54. The molecule has 0 bridgehead atoms. The van der Waals surface area contributed by atoms with Crippen molar-refractivity contribution in [2.75, 3.05) is 7.05 Å². The van der Waals surface area contributed by atoms with Gasteiger partial charge in [-0.15, -0.1) is 0 Å². The van der Waals surface area contributed by atoms with Gasteiger partial charge >= 0.3 is 0 Å². The van der Waals surface area contributed by atoms with Crippen LogP contribution in [0.3, 0.4) is 0 Å². The van der Waals surface area contributed by atoms with E-state index in [0.717, 1.165) is 10.0 Å². The summed E-state index contributed by atoms with van der Waals surface area (Å²) in [6.45, 7) is 0.477. The molecule has 2 aromatic rings. The van der Waals surface area contributed by atoms with Crippen LogP contribution in [0.25, 0.3) is 0 Å². The number of carbonyl (C=O) groups is 1. The van der Waals surface area contributed by atoms with E-state index in [9.17, 15) is 4.79 Å². The molecule has 0 fully saturated rings. The van der Waals surface area contributed by atoms with Crippen molar-refractivity contribution in [3.63, 3.8) is 0 Å². The highest BCUT2D eigenvalue weighted by Crippen LogP contribution is 2.13. The largest absolute Gasteiger partial charge is 0.337 e. The predicted octanol–water partition coefficient (Wildman–Crippen LogP) is 3.59. The SMILES string of the molecule is CN(Cc1cccc(C#N)c1)C(=O)c1ccc(Br)cc1. The van der Waals surface area contributed by atoms with E-state index in [0.29, 0.717) is 17.7 Å². The summed E-state index contributed by atoms with van der Waals surface area (Å²) in [5, 5.41) is 8.87. The van der Waals surface area contributed by atoms with Gasteiger partial charge in [0.05, 0.1) is 11.6 Å². The molecule has 0 saturated carbocycles. The number of hydrogen-bond donors (Lipinski definition) is 0. The first-order valence-electron chi connectivity index (χ1n) is 6.10. The van der Waals surface area contributed by atoms with E-state index in [1.165, 1.54) is 0 Å². The Hall–Kier alpha value is -2.12. The van der Waals surface area contributed by atoms with Gasteiger partial charge in [-0.05, 0) is 42.0 Å². The number of nitriles is 1. The van der Waals surface area contributed by atoms with Crippen LogP contribution in [0.1, 0.15) is 21.5 Å². The summed E-state index contributed by atoms with van der Waals surface area (Å²) in [4.78, 5) is 13.9. The van der Waals surface area contributed by atoms with Gasteiger partial charge in [-0.1, -0.05) is 28.1 Å². The molecule has 20 heavy (non-hydrogen) atoms. The minimum atomic E-state index is -0.0418. The second-order valence-electron chi connectivity index (χ2n) is 4.48. The van der Waals surface area contributed by atoms with Gasteiger partial charge in [0.15, 0.2) is 0 Å². The van der Waals surface area contributed by atoms with E-state index >= 15 is 0 Å². The Morgan fingerprint density at radius 2 is 1.95 bits per heavy atom. The van der Waals surface area contributed by atoms with Crippen LogP contribution in [0.15, 0.2) is 53.0 Å². The van der Waals surface area contributed by atoms with E-state index in [2.05, 4.69) is 22.0 Å². The second-order valence-corrected chi connectivity index (χ2v) is 5.40. The van der Waals surface area contributed by atoms with Gasteiger partial charge in [0.25, 0.3) is 5.91 Å². The summed E-state index contributed by atoms with van der Waals surface area (Å²) >= 11 is 3.35. The van der Waals surface area contributed by atoms with E-state index in [1.807, 2.05) is 24.3 Å². The number of benzene rings is 2. The fraction of sp³-hybridized carbons (Fsp3) is 0.125.